The van der Waals surface area contributed by atoms with E-state index in [0.717, 1.165) is 10.7 Å². The fourth-order valence-electron chi connectivity index (χ4n) is 2.45. The number of nitro groups is 1. The standard InChI is InChI=1S/C17H12F3N3O3S/c1-27(26)14-8-2-11(3-9-14)15-10-16(17(18,19)20)21-22(15)12-4-6-13(7-5-12)23(24)25/h2-10H,1H3. The van der Waals surface area contributed by atoms with Gasteiger partial charge in [0.25, 0.3) is 5.69 Å². The van der Waals surface area contributed by atoms with Gasteiger partial charge in [-0.3, -0.25) is 10.1 Å². The molecule has 0 saturated heterocycles. The fraction of sp³-hybridized carbons (Fsp3) is 0.118. The molecule has 0 fully saturated rings. The summed E-state index contributed by atoms with van der Waals surface area (Å²) in [5.41, 5.74) is -0.429. The van der Waals surface area contributed by atoms with Crippen LogP contribution < -0.4 is 0 Å². The second-order valence-corrected chi connectivity index (χ2v) is 6.96. The molecule has 140 valence electrons. The lowest BCUT2D eigenvalue weighted by molar-refractivity contribution is -0.384. The molecule has 1 atom stereocenters. The SMILES string of the molecule is C[S+]([O-])c1ccc(-c2cc(C(F)(F)F)nn2-c2ccc([N+](=O)[O-])cc2)cc1. The van der Waals surface area contributed by atoms with Gasteiger partial charge in [0, 0.05) is 17.7 Å². The summed E-state index contributed by atoms with van der Waals surface area (Å²) in [4.78, 5) is 10.7. The highest BCUT2D eigenvalue weighted by Crippen LogP contribution is 2.33. The maximum Gasteiger partial charge on any atom is 0.435 e. The van der Waals surface area contributed by atoms with Crippen molar-refractivity contribution < 1.29 is 22.6 Å². The van der Waals surface area contributed by atoms with Crippen LogP contribution in [0.15, 0.2) is 59.5 Å². The van der Waals surface area contributed by atoms with Crippen LogP contribution in [0.2, 0.25) is 0 Å². The van der Waals surface area contributed by atoms with Gasteiger partial charge in [-0.1, -0.05) is 0 Å². The molecule has 0 amide bonds. The van der Waals surface area contributed by atoms with Crippen molar-refractivity contribution in [1.82, 2.24) is 9.78 Å². The van der Waals surface area contributed by atoms with E-state index >= 15 is 0 Å². The van der Waals surface area contributed by atoms with Crippen molar-refractivity contribution >= 4 is 16.9 Å². The summed E-state index contributed by atoms with van der Waals surface area (Å²) in [6.07, 6.45) is -3.15. The molecule has 0 bridgehead atoms. The third-order valence-electron chi connectivity index (χ3n) is 3.79. The van der Waals surface area contributed by atoms with E-state index in [1.165, 1.54) is 30.5 Å². The van der Waals surface area contributed by atoms with Gasteiger partial charge in [-0.25, -0.2) is 4.68 Å². The second kappa shape index (κ2) is 7.05. The van der Waals surface area contributed by atoms with Crippen molar-refractivity contribution in [3.8, 4) is 16.9 Å². The second-order valence-electron chi connectivity index (χ2n) is 5.58. The van der Waals surface area contributed by atoms with E-state index in [0.29, 0.717) is 10.5 Å². The van der Waals surface area contributed by atoms with Crippen LogP contribution in [-0.4, -0.2) is 25.5 Å². The van der Waals surface area contributed by atoms with Crippen LogP contribution in [0.25, 0.3) is 16.9 Å². The zero-order chi connectivity index (χ0) is 19.8. The summed E-state index contributed by atoms with van der Waals surface area (Å²) >= 11 is -1.22. The van der Waals surface area contributed by atoms with E-state index < -0.39 is 28.0 Å². The highest BCUT2D eigenvalue weighted by Gasteiger charge is 2.35. The Morgan fingerprint density at radius 3 is 2.15 bits per heavy atom. The minimum atomic E-state index is -4.65. The van der Waals surface area contributed by atoms with E-state index in [9.17, 15) is 27.8 Å². The quantitative estimate of drug-likeness (QED) is 0.376. The summed E-state index contributed by atoms with van der Waals surface area (Å²) in [5.74, 6) is 0. The molecular formula is C17H12F3N3O3S. The first-order valence-electron chi connectivity index (χ1n) is 7.53. The van der Waals surface area contributed by atoms with Gasteiger partial charge in [0.2, 0.25) is 0 Å². The Bertz CT molecular complexity index is 968. The average molecular weight is 395 g/mol. The molecule has 0 N–H and O–H groups in total. The molecule has 10 heteroatoms. The molecular weight excluding hydrogens is 383 g/mol. The number of benzene rings is 2. The van der Waals surface area contributed by atoms with Crippen molar-refractivity contribution in [3.05, 3.63) is 70.4 Å². The molecule has 0 saturated carbocycles. The Balaban J connectivity index is 2.12. The smallest absolute Gasteiger partial charge is 0.435 e. The number of aromatic nitrogens is 2. The van der Waals surface area contributed by atoms with Gasteiger partial charge in [0.05, 0.1) is 16.3 Å². The lowest BCUT2D eigenvalue weighted by Gasteiger charge is -2.09. The molecule has 3 aromatic rings. The van der Waals surface area contributed by atoms with Crippen LogP contribution in [0.5, 0.6) is 0 Å². The monoisotopic (exact) mass is 395 g/mol. The third kappa shape index (κ3) is 3.96. The number of non-ortho nitro benzene ring substituents is 1. The Morgan fingerprint density at radius 2 is 1.67 bits per heavy atom. The van der Waals surface area contributed by atoms with Crippen molar-refractivity contribution in [2.24, 2.45) is 0 Å². The lowest BCUT2D eigenvalue weighted by Crippen LogP contribution is -2.07. The molecule has 0 spiro atoms. The van der Waals surface area contributed by atoms with Gasteiger partial charge in [-0.2, -0.15) is 18.3 Å². The topological polar surface area (TPSA) is 84.0 Å². The van der Waals surface area contributed by atoms with Crippen molar-refractivity contribution in [2.45, 2.75) is 11.1 Å². The number of rotatable bonds is 4. The minimum absolute atomic E-state index is 0.157. The number of hydrogen-bond acceptors (Lipinski definition) is 4. The molecule has 0 aliphatic carbocycles. The maximum absolute atomic E-state index is 13.1. The number of hydrogen-bond donors (Lipinski definition) is 0. The minimum Gasteiger partial charge on any atom is -0.612 e. The summed E-state index contributed by atoms with van der Waals surface area (Å²) in [6, 6.07) is 12.2. The zero-order valence-corrected chi connectivity index (χ0v) is 14.6. The van der Waals surface area contributed by atoms with Crippen LogP contribution >= 0.6 is 0 Å². The van der Waals surface area contributed by atoms with Gasteiger partial charge in [-0.15, -0.1) is 0 Å². The lowest BCUT2D eigenvalue weighted by atomic mass is 10.1. The summed E-state index contributed by atoms with van der Waals surface area (Å²) in [6.45, 7) is 0. The van der Waals surface area contributed by atoms with Crippen LogP contribution in [0.1, 0.15) is 5.69 Å². The van der Waals surface area contributed by atoms with Crippen LogP contribution in [-0.2, 0) is 17.4 Å². The number of halogens is 3. The molecule has 1 aromatic heterocycles. The predicted octanol–water partition coefficient (Wildman–Crippen LogP) is 4.20. The molecule has 0 aliphatic rings. The van der Waals surface area contributed by atoms with Gasteiger partial charge >= 0.3 is 6.18 Å². The largest absolute Gasteiger partial charge is 0.612 e. The number of nitro benzene ring substituents is 1. The predicted molar refractivity (Wildman–Crippen MR) is 93.0 cm³/mol. The first-order chi connectivity index (χ1) is 12.7. The molecule has 1 unspecified atom stereocenters. The van der Waals surface area contributed by atoms with E-state index in [1.54, 1.807) is 24.3 Å². The fourth-order valence-corrected chi connectivity index (χ4v) is 2.97. The molecule has 2 aromatic carbocycles. The Labute approximate surface area is 154 Å². The first-order valence-corrected chi connectivity index (χ1v) is 9.08. The van der Waals surface area contributed by atoms with E-state index in [1.807, 2.05) is 0 Å². The summed E-state index contributed by atoms with van der Waals surface area (Å²) < 4.78 is 52.0. The van der Waals surface area contributed by atoms with Gasteiger partial charge in [0.1, 0.15) is 6.26 Å². The Kier molecular flexibility index (Phi) is 4.94. The van der Waals surface area contributed by atoms with E-state index in [2.05, 4.69) is 5.10 Å². The average Bonchev–Trinajstić information content (AvgIpc) is 3.07. The normalized spacial score (nSPS) is 12.8. The van der Waals surface area contributed by atoms with Crippen molar-refractivity contribution in [2.75, 3.05) is 6.26 Å². The van der Waals surface area contributed by atoms with Crippen LogP contribution in [0.4, 0.5) is 18.9 Å². The van der Waals surface area contributed by atoms with Gasteiger partial charge in [-0.05, 0) is 53.6 Å². The molecule has 0 aliphatic heterocycles. The highest BCUT2D eigenvalue weighted by atomic mass is 32.2. The Hall–Kier alpha value is -2.85. The summed E-state index contributed by atoms with van der Waals surface area (Å²) in [5, 5.41) is 14.4. The third-order valence-corrected chi connectivity index (χ3v) is 4.72. The zero-order valence-electron chi connectivity index (χ0n) is 13.8. The van der Waals surface area contributed by atoms with E-state index in [-0.39, 0.29) is 17.1 Å². The first kappa shape index (κ1) is 18.9. The maximum atomic E-state index is 13.1. The van der Waals surface area contributed by atoms with Crippen LogP contribution in [0.3, 0.4) is 0 Å². The number of alkyl halides is 3. The van der Waals surface area contributed by atoms with Gasteiger partial charge in [0.15, 0.2) is 10.6 Å². The van der Waals surface area contributed by atoms with Crippen molar-refractivity contribution in [3.63, 3.8) is 0 Å². The highest BCUT2D eigenvalue weighted by molar-refractivity contribution is 7.90. The van der Waals surface area contributed by atoms with E-state index in [4.69, 9.17) is 0 Å². The molecule has 6 nitrogen and oxygen atoms in total. The summed E-state index contributed by atoms with van der Waals surface area (Å²) in [7, 11) is 0. The Morgan fingerprint density at radius 1 is 1.07 bits per heavy atom. The van der Waals surface area contributed by atoms with Gasteiger partial charge < -0.3 is 4.55 Å². The number of nitrogens with zero attached hydrogens (tertiary/aromatic N) is 3. The molecule has 3 rings (SSSR count). The van der Waals surface area contributed by atoms with Crippen molar-refractivity contribution in [1.29, 1.82) is 0 Å². The molecule has 27 heavy (non-hydrogen) atoms. The molecule has 0 radical (unpaired) electrons. The molecule has 1 heterocycles. The van der Waals surface area contributed by atoms with Crippen LogP contribution in [0, 0.1) is 10.1 Å².